The Bertz CT molecular complexity index is 972. The lowest BCUT2D eigenvalue weighted by molar-refractivity contribution is -0.132. The van der Waals surface area contributed by atoms with Gasteiger partial charge in [-0.15, -0.1) is 23.1 Å². The summed E-state index contributed by atoms with van der Waals surface area (Å²) in [6.45, 7) is 10.8. The van der Waals surface area contributed by atoms with Crippen molar-refractivity contribution in [3.8, 4) is 0 Å². The first-order valence-electron chi connectivity index (χ1n) is 11.5. The van der Waals surface area contributed by atoms with Gasteiger partial charge in [0, 0.05) is 37.6 Å². The number of aryl methyl sites for hydroxylation is 2. The summed E-state index contributed by atoms with van der Waals surface area (Å²) in [4.78, 5) is 39.4. The van der Waals surface area contributed by atoms with E-state index in [2.05, 4.69) is 14.9 Å². The standard InChI is InChI=1S/C23H34N4O2S2/c1-15-16(2)31-22-20(15)21(28)24-19(25-22)14-30-17(3)23(29)27-11-9-26(10-12-27)13-18-7-5-4-6-8-18/h17-18H,4-14H2,1-3H3,(H,24,25,28). The minimum absolute atomic E-state index is 0.0736. The first kappa shape index (κ1) is 22.8. The van der Waals surface area contributed by atoms with Gasteiger partial charge in [-0.1, -0.05) is 19.3 Å². The maximum atomic E-state index is 12.9. The van der Waals surface area contributed by atoms with E-state index in [-0.39, 0.29) is 16.7 Å². The molecule has 1 saturated carbocycles. The Balaban J connectivity index is 1.27. The Morgan fingerprint density at radius 3 is 2.61 bits per heavy atom. The number of nitrogens with one attached hydrogen (secondary N) is 1. The molecule has 4 rings (SSSR count). The maximum Gasteiger partial charge on any atom is 0.259 e. The number of piperazine rings is 1. The molecule has 2 aromatic rings. The molecule has 170 valence electrons. The van der Waals surface area contributed by atoms with Gasteiger partial charge in [-0.2, -0.15) is 0 Å². The van der Waals surface area contributed by atoms with Crippen molar-refractivity contribution < 1.29 is 4.79 Å². The van der Waals surface area contributed by atoms with Crippen molar-refractivity contribution in [3.05, 3.63) is 26.6 Å². The number of fused-ring (bicyclic) bond motifs is 1. The Kier molecular flexibility index (Phi) is 7.39. The molecule has 0 bridgehead atoms. The maximum absolute atomic E-state index is 12.9. The third kappa shape index (κ3) is 5.34. The molecule has 1 saturated heterocycles. The molecule has 1 aliphatic carbocycles. The Morgan fingerprint density at radius 2 is 1.90 bits per heavy atom. The third-order valence-corrected chi connectivity index (χ3v) is 9.07. The number of thioether (sulfide) groups is 1. The second kappa shape index (κ2) is 10.0. The van der Waals surface area contributed by atoms with Crippen LogP contribution in [0.5, 0.6) is 0 Å². The lowest BCUT2D eigenvalue weighted by Gasteiger charge is -2.38. The number of carbonyl (C=O) groups excluding carboxylic acids is 1. The molecule has 1 N–H and O–H groups in total. The molecule has 1 atom stereocenters. The van der Waals surface area contributed by atoms with Crippen LogP contribution in [0.15, 0.2) is 4.79 Å². The number of aromatic amines is 1. The topological polar surface area (TPSA) is 69.3 Å². The Morgan fingerprint density at radius 1 is 1.19 bits per heavy atom. The normalized spacial score (nSPS) is 19.8. The van der Waals surface area contributed by atoms with Gasteiger partial charge in [0.1, 0.15) is 10.7 Å². The average molecular weight is 463 g/mol. The summed E-state index contributed by atoms with van der Waals surface area (Å²) < 4.78 is 0. The predicted octanol–water partition coefficient (Wildman–Crippen LogP) is 3.95. The molecule has 1 unspecified atom stereocenters. The smallest absolute Gasteiger partial charge is 0.259 e. The van der Waals surface area contributed by atoms with Crippen molar-refractivity contribution in [1.82, 2.24) is 19.8 Å². The zero-order valence-electron chi connectivity index (χ0n) is 18.9. The molecule has 2 fully saturated rings. The van der Waals surface area contributed by atoms with E-state index in [1.165, 1.54) is 38.6 Å². The summed E-state index contributed by atoms with van der Waals surface area (Å²) in [6.07, 6.45) is 6.92. The molecule has 6 nitrogen and oxygen atoms in total. The van der Waals surface area contributed by atoms with Crippen LogP contribution in [0.3, 0.4) is 0 Å². The summed E-state index contributed by atoms with van der Waals surface area (Å²) in [5.41, 5.74) is 0.939. The van der Waals surface area contributed by atoms with E-state index in [0.717, 1.165) is 47.4 Å². The monoisotopic (exact) mass is 462 g/mol. The van der Waals surface area contributed by atoms with E-state index < -0.39 is 0 Å². The van der Waals surface area contributed by atoms with Crippen molar-refractivity contribution in [2.24, 2.45) is 5.92 Å². The van der Waals surface area contributed by atoms with Crippen LogP contribution in [-0.2, 0) is 10.5 Å². The molecular formula is C23H34N4O2S2. The van der Waals surface area contributed by atoms with Crippen LogP contribution in [-0.4, -0.2) is 63.6 Å². The number of hydrogen-bond acceptors (Lipinski definition) is 6. The molecule has 2 aliphatic rings. The number of H-pyrrole nitrogens is 1. The number of aromatic nitrogens is 2. The fourth-order valence-corrected chi connectivity index (χ4v) is 6.67. The molecule has 1 amide bonds. The number of rotatable bonds is 6. The zero-order chi connectivity index (χ0) is 22.0. The van der Waals surface area contributed by atoms with Crippen molar-refractivity contribution in [2.75, 3.05) is 32.7 Å². The summed E-state index contributed by atoms with van der Waals surface area (Å²) in [6, 6.07) is 0. The van der Waals surface area contributed by atoms with Crippen molar-refractivity contribution in [3.63, 3.8) is 0 Å². The van der Waals surface area contributed by atoms with Gasteiger partial charge in [0.2, 0.25) is 5.91 Å². The Hall–Kier alpha value is -1.38. The molecule has 31 heavy (non-hydrogen) atoms. The van der Waals surface area contributed by atoms with Crippen LogP contribution in [0.25, 0.3) is 10.2 Å². The minimum Gasteiger partial charge on any atom is -0.339 e. The van der Waals surface area contributed by atoms with E-state index in [9.17, 15) is 9.59 Å². The highest BCUT2D eigenvalue weighted by Crippen LogP contribution is 2.27. The second-order valence-electron chi connectivity index (χ2n) is 9.06. The fourth-order valence-electron chi connectivity index (χ4n) is 4.79. The van der Waals surface area contributed by atoms with Crippen LogP contribution in [0.4, 0.5) is 0 Å². The van der Waals surface area contributed by atoms with Crippen LogP contribution in [0.2, 0.25) is 0 Å². The lowest BCUT2D eigenvalue weighted by atomic mass is 9.89. The van der Waals surface area contributed by atoms with Gasteiger partial charge in [0.05, 0.1) is 16.4 Å². The van der Waals surface area contributed by atoms with Crippen LogP contribution < -0.4 is 5.56 Å². The lowest BCUT2D eigenvalue weighted by Crippen LogP contribution is -2.51. The minimum atomic E-state index is -0.141. The summed E-state index contributed by atoms with van der Waals surface area (Å²) in [5.74, 6) is 2.25. The van der Waals surface area contributed by atoms with Gasteiger partial charge < -0.3 is 9.88 Å². The number of thiophene rings is 1. The third-order valence-electron chi connectivity index (χ3n) is 6.83. The quantitative estimate of drug-likeness (QED) is 0.704. The van der Waals surface area contributed by atoms with Gasteiger partial charge >= 0.3 is 0 Å². The van der Waals surface area contributed by atoms with E-state index >= 15 is 0 Å². The van der Waals surface area contributed by atoms with Gasteiger partial charge in [-0.25, -0.2) is 4.98 Å². The molecule has 1 aliphatic heterocycles. The largest absolute Gasteiger partial charge is 0.339 e. The van der Waals surface area contributed by atoms with Crippen molar-refractivity contribution in [2.45, 2.75) is 63.9 Å². The summed E-state index contributed by atoms with van der Waals surface area (Å²) in [5, 5.41) is 0.559. The number of amides is 1. The zero-order valence-corrected chi connectivity index (χ0v) is 20.5. The SMILES string of the molecule is Cc1sc2nc(CSC(C)C(=O)N3CCN(CC4CCCCC4)CC3)[nH]c(=O)c2c1C. The number of nitrogens with zero attached hydrogens (tertiary/aromatic N) is 3. The van der Waals surface area contributed by atoms with Crippen LogP contribution in [0, 0.1) is 19.8 Å². The van der Waals surface area contributed by atoms with Crippen LogP contribution in [0.1, 0.15) is 55.3 Å². The van der Waals surface area contributed by atoms with Crippen LogP contribution >= 0.6 is 23.1 Å². The molecule has 0 spiro atoms. The molecule has 2 aromatic heterocycles. The average Bonchev–Trinajstić information content (AvgIpc) is 3.06. The molecule has 0 aromatic carbocycles. The van der Waals surface area contributed by atoms with E-state index in [0.29, 0.717) is 17.0 Å². The highest BCUT2D eigenvalue weighted by molar-refractivity contribution is 7.99. The Labute approximate surface area is 192 Å². The number of hydrogen-bond donors (Lipinski definition) is 1. The van der Waals surface area contributed by atoms with Crippen molar-refractivity contribution >= 4 is 39.2 Å². The van der Waals surface area contributed by atoms with Crippen molar-refractivity contribution in [1.29, 1.82) is 0 Å². The van der Waals surface area contributed by atoms with E-state index in [4.69, 9.17) is 0 Å². The highest BCUT2D eigenvalue weighted by Gasteiger charge is 2.27. The summed E-state index contributed by atoms with van der Waals surface area (Å²) >= 11 is 3.12. The van der Waals surface area contributed by atoms with E-state index in [1.54, 1.807) is 23.1 Å². The molecule has 8 heteroatoms. The van der Waals surface area contributed by atoms with Gasteiger partial charge in [0.25, 0.3) is 5.56 Å². The summed E-state index contributed by atoms with van der Waals surface area (Å²) in [7, 11) is 0. The first-order chi connectivity index (χ1) is 14.9. The fraction of sp³-hybridized carbons (Fsp3) is 0.696. The first-order valence-corrected chi connectivity index (χ1v) is 13.4. The second-order valence-corrected chi connectivity index (χ2v) is 11.6. The number of carbonyl (C=O) groups is 1. The highest BCUT2D eigenvalue weighted by atomic mass is 32.2. The van der Waals surface area contributed by atoms with Gasteiger partial charge in [0.15, 0.2) is 0 Å². The van der Waals surface area contributed by atoms with Gasteiger partial charge in [-0.3, -0.25) is 14.5 Å². The molecule has 3 heterocycles. The van der Waals surface area contributed by atoms with E-state index in [1.807, 2.05) is 25.7 Å². The van der Waals surface area contributed by atoms with Gasteiger partial charge in [-0.05, 0) is 45.1 Å². The molecule has 0 radical (unpaired) electrons. The molecular weight excluding hydrogens is 428 g/mol. The predicted molar refractivity (Wildman–Crippen MR) is 130 cm³/mol.